The van der Waals surface area contributed by atoms with Crippen molar-refractivity contribution in [3.05, 3.63) is 82.3 Å². The molecule has 0 aliphatic carbocycles. The topological polar surface area (TPSA) is 105 Å². The Bertz CT molecular complexity index is 1430. The number of amides is 2. The van der Waals surface area contributed by atoms with E-state index in [-0.39, 0.29) is 22.9 Å². The third-order valence-electron chi connectivity index (χ3n) is 6.19. The molecule has 0 aromatic heterocycles. The number of para-hydroxylation sites is 2. The number of nitrogens with zero attached hydrogens (tertiary/aromatic N) is 2. The van der Waals surface area contributed by atoms with E-state index in [0.717, 1.165) is 4.31 Å². The van der Waals surface area contributed by atoms with E-state index in [1.807, 2.05) is 0 Å². The second kappa shape index (κ2) is 13.7. The molecule has 3 aromatic carbocycles. The Labute approximate surface area is 244 Å². The van der Waals surface area contributed by atoms with E-state index >= 15 is 0 Å². The molecule has 0 unspecified atom stereocenters. The number of carbonyl (C=O) groups is 2. The molecule has 40 heavy (non-hydrogen) atoms. The van der Waals surface area contributed by atoms with Gasteiger partial charge in [-0.3, -0.25) is 13.9 Å². The number of likely N-dealkylation sites (N-methyl/N-ethyl adjacent to an activating group) is 1. The second-order valence-electron chi connectivity index (χ2n) is 8.65. The van der Waals surface area contributed by atoms with Crippen LogP contribution in [0.15, 0.2) is 71.6 Å². The number of hydrogen-bond acceptors (Lipinski definition) is 6. The van der Waals surface area contributed by atoms with Crippen LogP contribution in [-0.2, 0) is 26.2 Å². The monoisotopic (exact) mass is 607 g/mol. The fraction of sp³-hybridized carbons (Fsp3) is 0.286. The minimum Gasteiger partial charge on any atom is -0.497 e. The summed E-state index contributed by atoms with van der Waals surface area (Å²) in [5.41, 5.74) is 0.577. The summed E-state index contributed by atoms with van der Waals surface area (Å²) < 4.78 is 39.5. The Balaban J connectivity index is 2.10. The molecule has 3 rings (SSSR count). The van der Waals surface area contributed by atoms with Gasteiger partial charge in [0.15, 0.2) is 0 Å². The largest absolute Gasteiger partial charge is 0.497 e. The van der Waals surface area contributed by atoms with Crippen LogP contribution in [0.5, 0.6) is 11.5 Å². The van der Waals surface area contributed by atoms with E-state index < -0.39 is 34.4 Å². The van der Waals surface area contributed by atoms with Gasteiger partial charge in [0, 0.05) is 28.7 Å². The normalized spacial score (nSPS) is 11.8. The number of nitrogens with one attached hydrogen (secondary N) is 1. The zero-order valence-electron chi connectivity index (χ0n) is 22.6. The predicted molar refractivity (Wildman–Crippen MR) is 156 cm³/mol. The number of carbonyl (C=O) groups excluding carboxylic acids is 2. The third-order valence-corrected chi connectivity index (χ3v) is 8.67. The van der Waals surface area contributed by atoms with Gasteiger partial charge < -0.3 is 19.7 Å². The summed E-state index contributed by atoms with van der Waals surface area (Å²) in [4.78, 5) is 28.0. The molecule has 0 radical (unpaired) electrons. The fourth-order valence-electron chi connectivity index (χ4n) is 3.98. The first kappa shape index (κ1) is 31.1. The standard InChI is InChI=1S/C28H31Cl2N3O6S/c1-5-31-28(35)19(2)32(17-22-23(29)9-8-10-24(22)30)27(34)18-33(25-11-6-7-12-26(25)39-4)40(36,37)21-15-13-20(38-3)14-16-21/h6-16,19H,5,17-18H2,1-4H3,(H,31,35)/t19-/m0/s1. The molecular formula is C28H31Cl2N3O6S. The van der Waals surface area contributed by atoms with Crippen LogP contribution in [0.2, 0.25) is 10.0 Å². The number of hydrogen-bond donors (Lipinski definition) is 1. The van der Waals surface area contributed by atoms with Crippen LogP contribution in [0.25, 0.3) is 0 Å². The quantitative estimate of drug-likeness (QED) is 0.318. The summed E-state index contributed by atoms with van der Waals surface area (Å²) >= 11 is 12.8. The SMILES string of the molecule is CCNC(=O)[C@H](C)N(Cc1c(Cl)cccc1Cl)C(=O)CN(c1ccccc1OC)S(=O)(=O)c1ccc(OC)cc1. The molecule has 0 aliphatic rings. The molecule has 0 saturated heterocycles. The Hall–Kier alpha value is -3.47. The van der Waals surface area contributed by atoms with Crippen molar-refractivity contribution in [1.29, 1.82) is 0 Å². The van der Waals surface area contributed by atoms with Gasteiger partial charge in [-0.15, -0.1) is 0 Å². The Morgan fingerprint density at radius 3 is 2.12 bits per heavy atom. The van der Waals surface area contributed by atoms with Crippen molar-refractivity contribution in [2.45, 2.75) is 31.3 Å². The van der Waals surface area contributed by atoms with E-state index in [9.17, 15) is 18.0 Å². The third kappa shape index (κ3) is 6.99. The Morgan fingerprint density at radius 1 is 0.925 bits per heavy atom. The lowest BCUT2D eigenvalue weighted by Gasteiger charge is -2.32. The highest BCUT2D eigenvalue weighted by Crippen LogP contribution is 2.33. The summed E-state index contributed by atoms with van der Waals surface area (Å²) in [6.07, 6.45) is 0. The van der Waals surface area contributed by atoms with Crippen LogP contribution in [0.1, 0.15) is 19.4 Å². The van der Waals surface area contributed by atoms with Gasteiger partial charge in [-0.2, -0.15) is 0 Å². The van der Waals surface area contributed by atoms with E-state index in [2.05, 4.69) is 5.32 Å². The van der Waals surface area contributed by atoms with E-state index in [0.29, 0.717) is 27.9 Å². The lowest BCUT2D eigenvalue weighted by atomic mass is 10.1. The van der Waals surface area contributed by atoms with Crippen LogP contribution in [-0.4, -0.2) is 58.5 Å². The van der Waals surface area contributed by atoms with Gasteiger partial charge in [0.05, 0.1) is 24.8 Å². The van der Waals surface area contributed by atoms with Crippen molar-refractivity contribution in [1.82, 2.24) is 10.2 Å². The second-order valence-corrected chi connectivity index (χ2v) is 11.3. The number of halogens is 2. The van der Waals surface area contributed by atoms with E-state index in [1.54, 1.807) is 50.2 Å². The minimum absolute atomic E-state index is 0.0653. The molecule has 0 fully saturated rings. The van der Waals surface area contributed by atoms with Gasteiger partial charge in [0.2, 0.25) is 11.8 Å². The van der Waals surface area contributed by atoms with Crippen LogP contribution < -0.4 is 19.1 Å². The molecule has 3 aromatic rings. The van der Waals surface area contributed by atoms with Gasteiger partial charge >= 0.3 is 0 Å². The molecule has 0 bridgehead atoms. The maximum Gasteiger partial charge on any atom is 0.264 e. The zero-order chi connectivity index (χ0) is 29.4. The summed E-state index contributed by atoms with van der Waals surface area (Å²) in [6, 6.07) is 16.2. The molecule has 9 nitrogen and oxygen atoms in total. The first-order chi connectivity index (χ1) is 19.0. The minimum atomic E-state index is -4.29. The number of sulfonamides is 1. The smallest absolute Gasteiger partial charge is 0.264 e. The van der Waals surface area contributed by atoms with Gasteiger partial charge in [0.1, 0.15) is 24.1 Å². The number of ether oxygens (including phenoxy) is 2. The molecular weight excluding hydrogens is 577 g/mol. The van der Waals surface area contributed by atoms with Crippen LogP contribution in [0, 0.1) is 0 Å². The number of benzene rings is 3. The number of anilines is 1. The number of methoxy groups -OCH3 is 2. The highest BCUT2D eigenvalue weighted by atomic mass is 35.5. The van der Waals surface area contributed by atoms with Crippen molar-refractivity contribution < 1.29 is 27.5 Å². The molecule has 214 valence electrons. The first-order valence-electron chi connectivity index (χ1n) is 12.3. The average Bonchev–Trinajstić information content (AvgIpc) is 2.95. The van der Waals surface area contributed by atoms with E-state index in [4.69, 9.17) is 32.7 Å². The molecule has 0 heterocycles. The summed E-state index contributed by atoms with van der Waals surface area (Å²) in [5.74, 6) is -0.360. The van der Waals surface area contributed by atoms with Crippen molar-refractivity contribution >= 4 is 50.7 Å². The van der Waals surface area contributed by atoms with Crippen molar-refractivity contribution in [2.75, 3.05) is 31.6 Å². The van der Waals surface area contributed by atoms with E-state index in [1.165, 1.54) is 49.5 Å². The summed E-state index contributed by atoms with van der Waals surface area (Å²) in [6.45, 7) is 2.89. The Kier molecular flexibility index (Phi) is 10.7. The van der Waals surface area contributed by atoms with Gasteiger partial charge in [0.25, 0.3) is 10.0 Å². The highest BCUT2D eigenvalue weighted by Gasteiger charge is 2.34. The average molecular weight is 609 g/mol. The molecule has 12 heteroatoms. The maximum atomic E-state index is 14.0. The summed E-state index contributed by atoms with van der Waals surface area (Å²) in [5, 5.41) is 3.32. The van der Waals surface area contributed by atoms with Crippen LogP contribution >= 0.6 is 23.2 Å². The Morgan fingerprint density at radius 2 is 1.55 bits per heavy atom. The highest BCUT2D eigenvalue weighted by molar-refractivity contribution is 7.92. The fourth-order valence-corrected chi connectivity index (χ4v) is 5.92. The van der Waals surface area contributed by atoms with Crippen LogP contribution in [0.3, 0.4) is 0 Å². The van der Waals surface area contributed by atoms with Crippen molar-refractivity contribution in [3.63, 3.8) is 0 Å². The van der Waals surface area contributed by atoms with Crippen molar-refractivity contribution in [3.8, 4) is 11.5 Å². The van der Waals surface area contributed by atoms with Gasteiger partial charge in [-0.05, 0) is 62.4 Å². The summed E-state index contributed by atoms with van der Waals surface area (Å²) in [7, 11) is -1.41. The molecule has 2 amide bonds. The molecule has 0 spiro atoms. The first-order valence-corrected chi connectivity index (χ1v) is 14.5. The van der Waals surface area contributed by atoms with Gasteiger partial charge in [-0.25, -0.2) is 8.42 Å². The van der Waals surface area contributed by atoms with Gasteiger partial charge in [-0.1, -0.05) is 41.4 Å². The lowest BCUT2D eigenvalue weighted by Crippen LogP contribution is -2.51. The molecule has 1 atom stereocenters. The maximum absolute atomic E-state index is 14.0. The molecule has 0 saturated carbocycles. The lowest BCUT2D eigenvalue weighted by molar-refractivity contribution is -0.139. The van der Waals surface area contributed by atoms with Crippen LogP contribution in [0.4, 0.5) is 5.69 Å². The molecule has 0 aliphatic heterocycles. The predicted octanol–water partition coefficient (Wildman–Crippen LogP) is 4.76. The number of rotatable bonds is 12. The van der Waals surface area contributed by atoms with Crippen molar-refractivity contribution in [2.24, 2.45) is 0 Å². The molecule has 1 N–H and O–H groups in total. The zero-order valence-corrected chi connectivity index (χ0v) is 24.9.